The van der Waals surface area contributed by atoms with E-state index in [0.717, 1.165) is 24.8 Å². The van der Waals surface area contributed by atoms with Gasteiger partial charge in [0.1, 0.15) is 5.52 Å². The molecule has 2 aromatic rings. The third-order valence-electron chi connectivity index (χ3n) is 3.23. The molecule has 1 aromatic heterocycles. The highest BCUT2D eigenvalue weighted by atomic mass is 16.2. The first-order valence-electron chi connectivity index (χ1n) is 6.80. The Bertz CT molecular complexity index is 581. The van der Waals surface area contributed by atoms with Crippen molar-refractivity contribution in [3.8, 4) is 0 Å². The molecule has 0 fully saturated rings. The molecule has 0 aliphatic carbocycles. The van der Waals surface area contributed by atoms with Crippen molar-refractivity contribution in [1.29, 1.82) is 0 Å². The van der Waals surface area contributed by atoms with E-state index in [1.165, 1.54) is 0 Å². The first-order chi connectivity index (χ1) is 9.74. The molecule has 0 saturated heterocycles. The predicted molar refractivity (Wildman–Crippen MR) is 77.4 cm³/mol. The number of para-hydroxylation sites is 1. The molecule has 106 valence electrons. The lowest BCUT2D eigenvalue weighted by Gasteiger charge is -2.17. The molecule has 5 heteroatoms. The Morgan fingerprint density at radius 3 is 2.80 bits per heavy atom. The van der Waals surface area contributed by atoms with E-state index in [4.69, 9.17) is 5.11 Å². The number of amides is 1. The van der Waals surface area contributed by atoms with E-state index in [-0.39, 0.29) is 12.5 Å². The summed E-state index contributed by atoms with van der Waals surface area (Å²) in [6.07, 6.45) is 5.81. The molecule has 2 rings (SSSR count). The van der Waals surface area contributed by atoms with Crippen LogP contribution in [0.3, 0.4) is 0 Å². The second kappa shape index (κ2) is 6.96. The van der Waals surface area contributed by atoms with Gasteiger partial charge in [-0.15, -0.1) is 0 Å². The monoisotopic (exact) mass is 273 g/mol. The average molecular weight is 273 g/mol. The minimum atomic E-state index is -0.0416. The second-order valence-electron chi connectivity index (χ2n) is 4.74. The maximum absolute atomic E-state index is 12.4. The van der Waals surface area contributed by atoms with Gasteiger partial charge < -0.3 is 10.0 Å². The van der Waals surface area contributed by atoms with Crippen molar-refractivity contribution in [2.45, 2.75) is 19.3 Å². The summed E-state index contributed by atoms with van der Waals surface area (Å²) in [4.78, 5) is 22.6. The van der Waals surface area contributed by atoms with E-state index < -0.39 is 0 Å². The van der Waals surface area contributed by atoms with Crippen molar-refractivity contribution in [1.82, 2.24) is 14.9 Å². The molecule has 0 saturated carbocycles. The number of unbranched alkanes of at least 4 members (excludes halogenated alkanes) is 2. The molecule has 0 spiro atoms. The number of carbonyl (C=O) groups excluding carboxylic acids is 1. The molecule has 0 aliphatic heterocycles. The topological polar surface area (TPSA) is 66.3 Å². The molecule has 1 heterocycles. The normalized spacial score (nSPS) is 10.7. The molecule has 0 unspecified atom stereocenters. The summed E-state index contributed by atoms with van der Waals surface area (Å²) in [6, 6.07) is 5.45. The summed E-state index contributed by atoms with van der Waals surface area (Å²) in [5.74, 6) is -0.0416. The summed E-state index contributed by atoms with van der Waals surface area (Å²) >= 11 is 0. The van der Waals surface area contributed by atoms with Crippen LogP contribution >= 0.6 is 0 Å². The van der Waals surface area contributed by atoms with Gasteiger partial charge in [0, 0.05) is 32.6 Å². The van der Waals surface area contributed by atoms with Gasteiger partial charge in [0.2, 0.25) is 0 Å². The number of fused-ring (bicyclic) bond motifs is 1. The fraction of sp³-hybridized carbons (Fsp3) is 0.400. The van der Waals surface area contributed by atoms with Crippen LogP contribution in [-0.4, -0.2) is 46.1 Å². The van der Waals surface area contributed by atoms with Crippen LogP contribution in [0.2, 0.25) is 0 Å². The van der Waals surface area contributed by atoms with E-state index in [2.05, 4.69) is 9.97 Å². The molecule has 0 radical (unpaired) electrons. The van der Waals surface area contributed by atoms with Crippen LogP contribution in [0.25, 0.3) is 11.0 Å². The van der Waals surface area contributed by atoms with E-state index in [0.29, 0.717) is 17.6 Å². The molecule has 0 aliphatic rings. The zero-order valence-corrected chi connectivity index (χ0v) is 11.6. The third-order valence-corrected chi connectivity index (χ3v) is 3.23. The number of hydrogen-bond donors (Lipinski definition) is 1. The highest BCUT2D eigenvalue weighted by Gasteiger charge is 2.15. The minimum Gasteiger partial charge on any atom is -0.396 e. The van der Waals surface area contributed by atoms with Crippen molar-refractivity contribution in [3.05, 3.63) is 36.2 Å². The summed E-state index contributed by atoms with van der Waals surface area (Å²) in [5, 5.41) is 8.74. The number of carbonyl (C=O) groups is 1. The van der Waals surface area contributed by atoms with E-state index in [9.17, 15) is 4.79 Å². The van der Waals surface area contributed by atoms with Gasteiger partial charge in [-0.2, -0.15) is 0 Å². The summed E-state index contributed by atoms with van der Waals surface area (Å²) in [6.45, 7) is 0.881. The van der Waals surface area contributed by atoms with Gasteiger partial charge in [0.05, 0.1) is 11.1 Å². The van der Waals surface area contributed by atoms with Crippen molar-refractivity contribution in [2.24, 2.45) is 0 Å². The van der Waals surface area contributed by atoms with Crippen molar-refractivity contribution < 1.29 is 9.90 Å². The quantitative estimate of drug-likeness (QED) is 0.816. The predicted octanol–water partition coefficient (Wildman–Crippen LogP) is 1.86. The molecular formula is C15H19N3O2. The van der Waals surface area contributed by atoms with Gasteiger partial charge in [0.15, 0.2) is 0 Å². The second-order valence-corrected chi connectivity index (χ2v) is 4.74. The molecular weight excluding hydrogens is 254 g/mol. The lowest BCUT2D eigenvalue weighted by Crippen LogP contribution is -2.28. The van der Waals surface area contributed by atoms with Gasteiger partial charge in [-0.1, -0.05) is 6.07 Å². The van der Waals surface area contributed by atoms with Crippen molar-refractivity contribution in [2.75, 3.05) is 20.2 Å². The number of nitrogens with zero attached hydrogens (tertiary/aromatic N) is 3. The Kier molecular flexibility index (Phi) is 5.01. The molecule has 1 amide bonds. The molecule has 1 N–H and O–H groups in total. The van der Waals surface area contributed by atoms with E-state index >= 15 is 0 Å². The van der Waals surface area contributed by atoms with Gasteiger partial charge >= 0.3 is 0 Å². The van der Waals surface area contributed by atoms with Crippen LogP contribution in [0.5, 0.6) is 0 Å². The van der Waals surface area contributed by atoms with Gasteiger partial charge in [-0.3, -0.25) is 14.8 Å². The summed E-state index contributed by atoms with van der Waals surface area (Å²) < 4.78 is 0. The highest BCUT2D eigenvalue weighted by molar-refractivity contribution is 6.04. The zero-order valence-electron chi connectivity index (χ0n) is 11.6. The third kappa shape index (κ3) is 3.30. The number of rotatable bonds is 6. The van der Waals surface area contributed by atoms with Crippen LogP contribution in [0, 0.1) is 0 Å². The Hall–Kier alpha value is -2.01. The number of aliphatic hydroxyl groups is 1. The Morgan fingerprint density at radius 1 is 1.20 bits per heavy atom. The Balaban J connectivity index is 2.10. The lowest BCUT2D eigenvalue weighted by molar-refractivity contribution is 0.0794. The van der Waals surface area contributed by atoms with Crippen molar-refractivity contribution >= 4 is 16.9 Å². The first-order valence-corrected chi connectivity index (χ1v) is 6.80. The van der Waals surface area contributed by atoms with Crippen LogP contribution in [0.4, 0.5) is 0 Å². The largest absolute Gasteiger partial charge is 0.396 e. The molecule has 20 heavy (non-hydrogen) atoms. The highest BCUT2D eigenvalue weighted by Crippen LogP contribution is 2.15. The molecule has 1 aromatic carbocycles. The number of benzene rings is 1. The standard InChI is InChI=1S/C15H19N3O2/c1-18(10-3-2-4-11-19)15(20)12-6-5-7-13-14(12)17-9-8-16-13/h5-9,19H,2-4,10-11H2,1H3. The number of hydrogen-bond acceptors (Lipinski definition) is 4. The molecule has 0 atom stereocenters. The van der Waals surface area contributed by atoms with Gasteiger partial charge in [-0.05, 0) is 31.4 Å². The van der Waals surface area contributed by atoms with Crippen LogP contribution in [0.15, 0.2) is 30.6 Å². The summed E-state index contributed by atoms with van der Waals surface area (Å²) in [7, 11) is 1.79. The summed E-state index contributed by atoms with van der Waals surface area (Å²) in [5.41, 5.74) is 1.95. The number of aliphatic hydroxyl groups excluding tert-OH is 1. The SMILES string of the molecule is CN(CCCCCO)C(=O)c1cccc2nccnc12. The maximum Gasteiger partial charge on any atom is 0.255 e. The Morgan fingerprint density at radius 2 is 2.00 bits per heavy atom. The minimum absolute atomic E-state index is 0.0416. The van der Waals surface area contributed by atoms with Crippen LogP contribution in [-0.2, 0) is 0 Å². The lowest BCUT2D eigenvalue weighted by atomic mass is 10.1. The van der Waals surface area contributed by atoms with E-state index in [1.54, 1.807) is 30.4 Å². The fourth-order valence-electron chi connectivity index (χ4n) is 2.11. The van der Waals surface area contributed by atoms with Crippen LogP contribution < -0.4 is 0 Å². The number of aromatic nitrogens is 2. The molecule has 5 nitrogen and oxygen atoms in total. The average Bonchev–Trinajstić information content (AvgIpc) is 2.50. The van der Waals surface area contributed by atoms with Crippen molar-refractivity contribution in [3.63, 3.8) is 0 Å². The first kappa shape index (κ1) is 14.4. The fourth-order valence-corrected chi connectivity index (χ4v) is 2.11. The maximum atomic E-state index is 12.4. The Labute approximate surface area is 118 Å². The van der Waals surface area contributed by atoms with E-state index in [1.807, 2.05) is 12.1 Å². The molecule has 0 bridgehead atoms. The van der Waals surface area contributed by atoms with Gasteiger partial charge in [-0.25, -0.2) is 0 Å². The smallest absolute Gasteiger partial charge is 0.255 e. The van der Waals surface area contributed by atoms with Gasteiger partial charge in [0.25, 0.3) is 5.91 Å². The van der Waals surface area contributed by atoms with Crippen LogP contribution in [0.1, 0.15) is 29.6 Å². The zero-order chi connectivity index (χ0) is 14.4.